The number of rotatable bonds is 3. The Morgan fingerprint density at radius 2 is 1.71 bits per heavy atom. The minimum atomic E-state index is -0.244. The van der Waals surface area contributed by atoms with Crippen LogP contribution in [0.1, 0.15) is 23.6 Å². The van der Waals surface area contributed by atoms with Crippen LogP contribution in [0.5, 0.6) is 17.2 Å². The van der Waals surface area contributed by atoms with E-state index in [1.807, 2.05) is 66.7 Å². The Morgan fingerprint density at radius 1 is 0.903 bits per heavy atom. The van der Waals surface area contributed by atoms with Crippen molar-refractivity contribution in [1.29, 1.82) is 0 Å². The summed E-state index contributed by atoms with van der Waals surface area (Å²) in [6, 6.07) is 24.4. The summed E-state index contributed by atoms with van der Waals surface area (Å²) in [6.07, 6.45) is 0.482. The number of anilines is 1. The van der Waals surface area contributed by atoms with Crippen LogP contribution in [-0.4, -0.2) is 23.0 Å². The minimum Gasteiger partial charge on any atom is -0.507 e. The second-order valence-electron chi connectivity index (χ2n) is 7.58. The van der Waals surface area contributed by atoms with Crippen molar-refractivity contribution >= 4 is 27.9 Å². The molecule has 0 aliphatic carbocycles. The van der Waals surface area contributed by atoms with Gasteiger partial charge >= 0.3 is 0 Å². The van der Waals surface area contributed by atoms with Crippen molar-refractivity contribution in [3.05, 3.63) is 90.0 Å². The maximum atomic E-state index is 10.8. The van der Waals surface area contributed by atoms with Crippen LogP contribution >= 0.6 is 0 Å². The van der Waals surface area contributed by atoms with Crippen LogP contribution in [0, 0.1) is 0 Å². The van der Waals surface area contributed by atoms with Gasteiger partial charge in [0.2, 0.25) is 0 Å². The van der Waals surface area contributed by atoms with Crippen molar-refractivity contribution in [3.63, 3.8) is 0 Å². The minimum absolute atomic E-state index is 0.151. The molecule has 1 aliphatic heterocycles. The largest absolute Gasteiger partial charge is 0.507 e. The molecule has 3 N–H and O–H groups in total. The average molecular weight is 410 g/mol. The first-order valence-corrected chi connectivity index (χ1v) is 10.1. The van der Waals surface area contributed by atoms with Gasteiger partial charge < -0.3 is 20.3 Å². The van der Waals surface area contributed by atoms with Gasteiger partial charge in [0.05, 0.1) is 30.2 Å². The molecule has 0 saturated heterocycles. The summed E-state index contributed by atoms with van der Waals surface area (Å²) in [7, 11) is 1.57. The Labute approximate surface area is 180 Å². The Kier molecular flexibility index (Phi) is 4.71. The molecule has 0 bridgehead atoms. The SMILES string of the molecule is COc1ccc(C2CC(c3c(O)ccc4ccccc34)=Nc3ccccc3N2)c(O)c1. The number of methoxy groups -OCH3 is 1. The third kappa shape index (κ3) is 3.44. The average Bonchev–Trinajstić information content (AvgIpc) is 2.98. The van der Waals surface area contributed by atoms with Crippen molar-refractivity contribution in [3.8, 4) is 17.2 Å². The molecule has 4 aromatic carbocycles. The first kappa shape index (κ1) is 19.0. The summed E-state index contributed by atoms with van der Waals surface area (Å²) < 4.78 is 5.24. The Balaban J connectivity index is 1.69. The number of nitrogens with one attached hydrogen (secondary N) is 1. The zero-order valence-corrected chi connectivity index (χ0v) is 17.0. The predicted molar refractivity (Wildman–Crippen MR) is 124 cm³/mol. The van der Waals surface area contributed by atoms with Gasteiger partial charge in [0.25, 0.3) is 0 Å². The number of phenolic OH excluding ortho intramolecular Hbond substituents is 2. The Morgan fingerprint density at radius 3 is 2.55 bits per heavy atom. The smallest absolute Gasteiger partial charge is 0.125 e. The summed E-state index contributed by atoms with van der Waals surface area (Å²) in [5.41, 5.74) is 3.88. The zero-order valence-electron chi connectivity index (χ0n) is 17.0. The highest BCUT2D eigenvalue weighted by Gasteiger charge is 2.25. The number of para-hydroxylation sites is 2. The molecule has 4 aromatic rings. The first-order chi connectivity index (χ1) is 15.1. The number of nitrogens with zero attached hydrogens (tertiary/aromatic N) is 1. The second kappa shape index (κ2) is 7.69. The van der Waals surface area contributed by atoms with Crippen LogP contribution in [0.25, 0.3) is 10.8 Å². The summed E-state index contributed by atoms with van der Waals surface area (Å²) in [5, 5.41) is 27.0. The fourth-order valence-electron chi connectivity index (χ4n) is 4.17. The molecular formula is C26H22N2O3. The highest BCUT2D eigenvalue weighted by Crippen LogP contribution is 2.41. The lowest BCUT2D eigenvalue weighted by molar-refractivity contribution is 0.406. The molecule has 5 heteroatoms. The molecule has 1 aliphatic rings. The lowest BCUT2D eigenvalue weighted by Crippen LogP contribution is -2.15. The summed E-state index contributed by atoms with van der Waals surface area (Å²) >= 11 is 0. The summed E-state index contributed by atoms with van der Waals surface area (Å²) in [6.45, 7) is 0. The zero-order chi connectivity index (χ0) is 21.4. The van der Waals surface area contributed by atoms with Crippen LogP contribution in [-0.2, 0) is 0 Å². The van der Waals surface area contributed by atoms with Crippen LogP contribution in [0.4, 0.5) is 11.4 Å². The van der Waals surface area contributed by atoms with Gasteiger partial charge in [-0.15, -0.1) is 0 Å². The summed E-state index contributed by atoms with van der Waals surface area (Å²) in [4.78, 5) is 4.95. The van der Waals surface area contributed by atoms with Crippen LogP contribution in [0.3, 0.4) is 0 Å². The molecule has 0 spiro atoms. The van der Waals surface area contributed by atoms with Gasteiger partial charge in [0.1, 0.15) is 17.2 Å². The highest BCUT2D eigenvalue weighted by molar-refractivity contribution is 6.14. The fourth-order valence-corrected chi connectivity index (χ4v) is 4.17. The van der Waals surface area contributed by atoms with Gasteiger partial charge in [-0.1, -0.05) is 42.5 Å². The van der Waals surface area contributed by atoms with E-state index >= 15 is 0 Å². The van der Waals surface area contributed by atoms with Gasteiger partial charge in [0.15, 0.2) is 0 Å². The normalized spacial score (nSPS) is 15.5. The van der Waals surface area contributed by atoms with E-state index < -0.39 is 0 Å². The highest BCUT2D eigenvalue weighted by atomic mass is 16.5. The maximum Gasteiger partial charge on any atom is 0.125 e. The number of aliphatic imine (C=N–C) groups is 1. The molecule has 0 saturated carbocycles. The molecule has 0 aromatic heterocycles. The number of benzene rings is 4. The number of hydrogen-bond acceptors (Lipinski definition) is 5. The van der Waals surface area contributed by atoms with Crippen LogP contribution < -0.4 is 10.1 Å². The van der Waals surface area contributed by atoms with E-state index in [1.165, 1.54) is 0 Å². The van der Waals surface area contributed by atoms with Crippen molar-refractivity contribution in [1.82, 2.24) is 0 Å². The third-order valence-electron chi connectivity index (χ3n) is 5.70. The quantitative estimate of drug-likeness (QED) is 0.391. The Bertz CT molecular complexity index is 1310. The van der Waals surface area contributed by atoms with Gasteiger partial charge in [0, 0.05) is 23.6 Å². The lowest BCUT2D eigenvalue weighted by Gasteiger charge is -2.21. The maximum absolute atomic E-state index is 10.8. The molecule has 1 heterocycles. The van der Waals surface area contributed by atoms with Crippen LogP contribution in [0.2, 0.25) is 0 Å². The Hall–Kier alpha value is -3.99. The molecule has 0 fully saturated rings. The molecule has 5 rings (SSSR count). The van der Waals surface area contributed by atoms with Crippen molar-refractivity contribution < 1.29 is 14.9 Å². The molecule has 154 valence electrons. The van der Waals surface area contributed by atoms with Crippen molar-refractivity contribution in [2.75, 3.05) is 12.4 Å². The monoisotopic (exact) mass is 410 g/mol. The van der Waals surface area contributed by atoms with E-state index in [0.29, 0.717) is 12.2 Å². The van der Waals surface area contributed by atoms with E-state index in [4.69, 9.17) is 9.73 Å². The first-order valence-electron chi connectivity index (χ1n) is 10.1. The summed E-state index contributed by atoms with van der Waals surface area (Å²) in [5.74, 6) is 0.933. The predicted octanol–water partition coefficient (Wildman–Crippen LogP) is 5.94. The second-order valence-corrected chi connectivity index (χ2v) is 7.58. The van der Waals surface area contributed by atoms with Gasteiger partial charge in [-0.3, -0.25) is 4.99 Å². The number of phenols is 2. The van der Waals surface area contributed by atoms with E-state index in [9.17, 15) is 10.2 Å². The van der Waals surface area contributed by atoms with E-state index in [0.717, 1.165) is 39.0 Å². The molecule has 1 unspecified atom stereocenters. The van der Waals surface area contributed by atoms with E-state index in [2.05, 4.69) is 5.32 Å². The van der Waals surface area contributed by atoms with Crippen molar-refractivity contribution in [2.45, 2.75) is 12.5 Å². The number of fused-ring (bicyclic) bond motifs is 2. The number of ether oxygens (including phenoxy) is 1. The van der Waals surface area contributed by atoms with Gasteiger partial charge in [-0.25, -0.2) is 0 Å². The number of aromatic hydroxyl groups is 2. The molecular weight excluding hydrogens is 388 g/mol. The molecule has 5 nitrogen and oxygen atoms in total. The molecule has 0 radical (unpaired) electrons. The lowest BCUT2D eigenvalue weighted by atomic mass is 9.93. The molecule has 31 heavy (non-hydrogen) atoms. The van der Waals surface area contributed by atoms with E-state index in [1.54, 1.807) is 19.2 Å². The topological polar surface area (TPSA) is 74.1 Å². The van der Waals surface area contributed by atoms with E-state index in [-0.39, 0.29) is 17.5 Å². The molecule has 1 atom stereocenters. The van der Waals surface area contributed by atoms with Crippen LogP contribution in [0.15, 0.2) is 83.9 Å². The fraction of sp³-hybridized carbons (Fsp3) is 0.115. The van der Waals surface area contributed by atoms with Gasteiger partial charge in [-0.2, -0.15) is 0 Å². The standard InChI is InChI=1S/C26H22N2O3/c1-31-17-11-12-19(25(30)14-17)22-15-23(28-21-9-5-4-8-20(21)27-22)26-18-7-3-2-6-16(18)10-13-24(26)29/h2-14,22,27,29-30H,15H2,1H3. The molecule has 0 amide bonds. The van der Waals surface area contributed by atoms with Crippen molar-refractivity contribution in [2.24, 2.45) is 4.99 Å². The van der Waals surface area contributed by atoms with Gasteiger partial charge in [-0.05, 0) is 41.1 Å². The third-order valence-corrected chi connectivity index (χ3v) is 5.70. The number of hydrogen-bond donors (Lipinski definition) is 3.